The van der Waals surface area contributed by atoms with Gasteiger partial charge in [-0.15, -0.1) is 11.3 Å². The third kappa shape index (κ3) is 4.30. The highest BCUT2D eigenvalue weighted by molar-refractivity contribution is 7.99. The van der Waals surface area contributed by atoms with Crippen molar-refractivity contribution in [1.29, 1.82) is 0 Å². The minimum atomic E-state index is 0.0562. The van der Waals surface area contributed by atoms with E-state index in [1.54, 1.807) is 11.3 Å². The van der Waals surface area contributed by atoms with Gasteiger partial charge in [-0.3, -0.25) is 4.79 Å². The number of thioether (sulfide) groups is 1. The van der Waals surface area contributed by atoms with Gasteiger partial charge in [0.15, 0.2) is 0 Å². The minimum absolute atomic E-state index is 0.0562. The van der Waals surface area contributed by atoms with Gasteiger partial charge in [-0.25, -0.2) is 0 Å². The summed E-state index contributed by atoms with van der Waals surface area (Å²) in [4.78, 5) is 13.8. The molecule has 0 aliphatic carbocycles. The minimum Gasteiger partial charge on any atom is -0.381 e. The fraction of sp³-hybridized carbons (Fsp3) is 0.615. The molecule has 2 heterocycles. The molecule has 100 valence electrons. The first-order valence-electron chi connectivity index (χ1n) is 6.29. The molecule has 1 aromatic heterocycles. The second-order valence-electron chi connectivity index (χ2n) is 4.35. The normalized spacial score (nSPS) is 16.7. The highest BCUT2D eigenvalue weighted by Gasteiger charge is 2.14. The molecule has 1 aromatic rings. The van der Waals surface area contributed by atoms with Gasteiger partial charge >= 0.3 is 0 Å². The first-order valence-corrected chi connectivity index (χ1v) is 8.16. The van der Waals surface area contributed by atoms with Crippen LogP contribution in [0.2, 0.25) is 0 Å². The zero-order valence-corrected chi connectivity index (χ0v) is 12.2. The van der Waals surface area contributed by atoms with Crippen LogP contribution in [0.4, 0.5) is 0 Å². The summed E-state index contributed by atoms with van der Waals surface area (Å²) < 4.78 is 5.32. The van der Waals surface area contributed by atoms with Crippen molar-refractivity contribution in [2.75, 3.05) is 25.5 Å². The molecule has 1 N–H and O–H groups in total. The summed E-state index contributed by atoms with van der Waals surface area (Å²) in [6, 6.07) is 3.87. The Bertz CT molecular complexity index is 386. The van der Waals surface area contributed by atoms with Gasteiger partial charge in [0.05, 0.1) is 4.88 Å². The molecule has 1 fully saturated rings. The van der Waals surface area contributed by atoms with Crippen LogP contribution in [0.15, 0.2) is 12.1 Å². The van der Waals surface area contributed by atoms with E-state index in [1.807, 2.05) is 30.8 Å². The number of amides is 1. The zero-order chi connectivity index (χ0) is 12.8. The number of carbonyl (C=O) groups excluding carboxylic acids is 1. The van der Waals surface area contributed by atoms with Crippen LogP contribution in [0.25, 0.3) is 0 Å². The molecular weight excluding hydrogens is 266 g/mol. The summed E-state index contributed by atoms with van der Waals surface area (Å²) in [5.74, 6) is 1.04. The molecule has 0 radical (unpaired) electrons. The summed E-state index contributed by atoms with van der Waals surface area (Å²) in [5.41, 5.74) is 0. The van der Waals surface area contributed by atoms with Crippen molar-refractivity contribution in [3.63, 3.8) is 0 Å². The number of ether oxygens (including phenoxy) is 1. The summed E-state index contributed by atoms with van der Waals surface area (Å²) in [7, 11) is 0. The standard InChI is InChI=1S/C13H19NO2S2/c1-10-2-3-12(18-10)13(15)14-6-9-17-11-4-7-16-8-5-11/h2-3,11H,4-9H2,1H3,(H,14,15). The van der Waals surface area contributed by atoms with Gasteiger partial charge in [-0.2, -0.15) is 11.8 Å². The van der Waals surface area contributed by atoms with Crippen LogP contribution in [-0.2, 0) is 4.74 Å². The van der Waals surface area contributed by atoms with Gasteiger partial charge in [0.25, 0.3) is 5.91 Å². The lowest BCUT2D eigenvalue weighted by molar-refractivity contribution is 0.0959. The predicted octanol–water partition coefficient (Wildman–Crippen LogP) is 2.70. The monoisotopic (exact) mass is 285 g/mol. The van der Waals surface area contributed by atoms with Gasteiger partial charge in [0.2, 0.25) is 0 Å². The molecule has 0 saturated carbocycles. The quantitative estimate of drug-likeness (QED) is 0.845. The molecule has 1 amide bonds. The summed E-state index contributed by atoms with van der Waals surface area (Å²) in [6.45, 7) is 4.54. The first kappa shape index (κ1) is 13.9. The Morgan fingerprint density at radius 1 is 1.50 bits per heavy atom. The summed E-state index contributed by atoms with van der Waals surface area (Å²) in [5, 5.41) is 3.68. The van der Waals surface area contributed by atoms with E-state index in [-0.39, 0.29) is 5.91 Å². The first-order chi connectivity index (χ1) is 8.75. The molecule has 0 aromatic carbocycles. The zero-order valence-electron chi connectivity index (χ0n) is 10.6. The van der Waals surface area contributed by atoms with Crippen LogP contribution in [0.1, 0.15) is 27.4 Å². The summed E-state index contributed by atoms with van der Waals surface area (Å²) >= 11 is 3.50. The maximum Gasteiger partial charge on any atom is 0.261 e. The average Bonchev–Trinajstić information content (AvgIpc) is 2.82. The number of rotatable bonds is 5. The number of thiophene rings is 1. The van der Waals surface area contributed by atoms with E-state index in [0.29, 0.717) is 5.25 Å². The maximum atomic E-state index is 11.8. The lowest BCUT2D eigenvalue weighted by Gasteiger charge is -2.21. The van der Waals surface area contributed by atoms with Gasteiger partial charge in [0.1, 0.15) is 0 Å². The largest absolute Gasteiger partial charge is 0.381 e. The van der Waals surface area contributed by atoms with Crippen molar-refractivity contribution in [2.45, 2.75) is 25.0 Å². The lowest BCUT2D eigenvalue weighted by atomic mass is 10.2. The Kier molecular flexibility index (Phi) is 5.53. The van der Waals surface area contributed by atoms with Gasteiger partial charge < -0.3 is 10.1 Å². The van der Waals surface area contributed by atoms with E-state index >= 15 is 0 Å². The second kappa shape index (κ2) is 7.16. The van der Waals surface area contributed by atoms with E-state index in [9.17, 15) is 4.79 Å². The fourth-order valence-electron chi connectivity index (χ4n) is 1.88. The van der Waals surface area contributed by atoms with Gasteiger partial charge in [-0.05, 0) is 31.9 Å². The van der Waals surface area contributed by atoms with Crippen molar-refractivity contribution in [3.05, 3.63) is 21.9 Å². The Hall–Kier alpha value is -0.520. The highest BCUT2D eigenvalue weighted by atomic mass is 32.2. The molecule has 3 nitrogen and oxygen atoms in total. The molecule has 0 bridgehead atoms. The van der Waals surface area contributed by atoms with Crippen molar-refractivity contribution in [1.82, 2.24) is 5.32 Å². The fourth-order valence-corrected chi connectivity index (χ4v) is 3.74. The highest BCUT2D eigenvalue weighted by Crippen LogP contribution is 2.21. The Balaban J connectivity index is 1.61. The van der Waals surface area contributed by atoms with Crippen LogP contribution in [-0.4, -0.2) is 36.7 Å². The van der Waals surface area contributed by atoms with E-state index in [0.717, 1.165) is 43.2 Å². The smallest absolute Gasteiger partial charge is 0.261 e. The number of carbonyl (C=O) groups is 1. The third-order valence-electron chi connectivity index (χ3n) is 2.87. The molecule has 0 atom stereocenters. The van der Waals surface area contributed by atoms with Gasteiger partial charge in [0, 0.05) is 35.6 Å². The van der Waals surface area contributed by atoms with Crippen LogP contribution in [0, 0.1) is 6.92 Å². The van der Waals surface area contributed by atoms with E-state index < -0.39 is 0 Å². The lowest BCUT2D eigenvalue weighted by Crippen LogP contribution is -2.26. The van der Waals surface area contributed by atoms with Crippen LogP contribution < -0.4 is 5.32 Å². The number of nitrogens with one attached hydrogen (secondary N) is 1. The molecule has 5 heteroatoms. The van der Waals surface area contributed by atoms with Gasteiger partial charge in [-0.1, -0.05) is 0 Å². The predicted molar refractivity (Wildman–Crippen MR) is 77.7 cm³/mol. The molecule has 0 unspecified atom stereocenters. The Labute approximate surface area is 116 Å². The van der Waals surface area contributed by atoms with Crippen molar-refractivity contribution >= 4 is 29.0 Å². The summed E-state index contributed by atoms with van der Waals surface area (Å²) in [6.07, 6.45) is 2.28. The van der Waals surface area contributed by atoms with Crippen LogP contribution in [0.5, 0.6) is 0 Å². The molecule has 1 saturated heterocycles. The molecule has 1 aliphatic rings. The topological polar surface area (TPSA) is 38.3 Å². The van der Waals surface area contributed by atoms with E-state index in [1.165, 1.54) is 4.88 Å². The number of hydrogen-bond donors (Lipinski definition) is 1. The molecule has 0 spiro atoms. The number of hydrogen-bond acceptors (Lipinski definition) is 4. The molecule has 2 rings (SSSR count). The Morgan fingerprint density at radius 3 is 2.94 bits per heavy atom. The molecule has 18 heavy (non-hydrogen) atoms. The SMILES string of the molecule is Cc1ccc(C(=O)NCCSC2CCOCC2)s1. The Morgan fingerprint density at radius 2 is 2.28 bits per heavy atom. The average molecular weight is 285 g/mol. The van der Waals surface area contributed by atoms with Crippen molar-refractivity contribution in [3.8, 4) is 0 Å². The van der Waals surface area contributed by atoms with Crippen molar-refractivity contribution < 1.29 is 9.53 Å². The van der Waals surface area contributed by atoms with E-state index in [4.69, 9.17) is 4.74 Å². The number of aryl methyl sites for hydroxylation is 1. The third-order valence-corrected chi connectivity index (χ3v) is 5.26. The molecule has 1 aliphatic heterocycles. The van der Waals surface area contributed by atoms with Crippen LogP contribution in [0.3, 0.4) is 0 Å². The maximum absolute atomic E-state index is 11.8. The molecular formula is C13H19NO2S2. The second-order valence-corrected chi connectivity index (χ2v) is 7.04. The van der Waals surface area contributed by atoms with Crippen molar-refractivity contribution in [2.24, 2.45) is 0 Å². The van der Waals surface area contributed by atoms with E-state index in [2.05, 4.69) is 5.32 Å². The van der Waals surface area contributed by atoms with Crippen LogP contribution >= 0.6 is 23.1 Å².